The molecule has 13 heteroatoms. The summed E-state index contributed by atoms with van der Waals surface area (Å²) in [4.78, 5) is 49.4. The number of aromatic carboxylic acids is 1. The number of hydrogen-bond acceptors (Lipinski definition) is 9. The maximum Gasteiger partial charge on any atom is 0.356 e. The topological polar surface area (TPSA) is 147 Å². The molecule has 3 N–H and O–H groups in total. The van der Waals surface area contributed by atoms with Crippen LogP contribution in [0.25, 0.3) is 0 Å². The quantitative estimate of drug-likeness (QED) is 0.442. The number of carbonyl (C=O) groups is 3. The number of hydrogen-bond donors (Lipinski definition) is 3. The van der Waals surface area contributed by atoms with E-state index in [9.17, 15) is 19.5 Å². The minimum absolute atomic E-state index is 0.0517. The third-order valence-corrected chi connectivity index (χ3v) is 6.51. The molecule has 1 aliphatic rings. The minimum Gasteiger partial charge on any atom is -0.476 e. The first kappa shape index (κ1) is 24.9. The van der Waals surface area contributed by atoms with Crippen molar-refractivity contribution >= 4 is 45.9 Å². The summed E-state index contributed by atoms with van der Waals surface area (Å²) in [5.41, 5.74) is 0.353. The lowest BCUT2D eigenvalue weighted by Crippen LogP contribution is -2.55. The number of carboxylic acids is 1. The molecule has 2 unspecified atom stereocenters. The van der Waals surface area contributed by atoms with Crippen LogP contribution >= 0.6 is 22.9 Å². The highest BCUT2D eigenvalue weighted by Crippen LogP contribution is 2.30. The van der Waals surface area contributed by atoms with E-state index in [4.69, 9.17) is 21.1 Å². The molecule has 0 bridgehead atoms. The van der Waals surface area contributed by atoms with Crippen molar-refractivity contribution in [2.75, 3.05) is 31.2 Å². The van der Waals surface area contributed by atoms with Gasteiger partial charge in [0.05, 0.1) is 24.4 Å². The molecule has 2 aromatic heterocycles. The molecule has 1 fully saturated rings. The second-order valence-electron chi connectivity index (χ2n) is 7.22. The first-order valence-electron chi connectivity index (χ1n) is 10.6. The van der Waals surface area contributed by atoms with Gasteiger partial charge >= 0.3 is 11.9 Å². The minimum atomic E-state index is -1.30. The lowest BCUT2D eigenvalue weighted by atomic mass is 10.0. The Labute approximate surface area is 199 Å². The van der Waals surface area contributed by atoms with Gasteiger partial charge in [0.2, 0.25) is 0 Å². The van der Waals surface area contributed by atoms with Crippen LogP contribution < -0.4 is 10.2 Å². The zero-order valence-corrected chi connectivity index (χ0v) is 20.1. The second kappa shape index (κ2) is 10.9. The number of nitrogens with zero attached hydrogens (tertiary/aromatic N) is 3. The molecule has 3 rings (SSSR count). The Morgan fingerprint density at radius 1 is 1.27 bits per heavy atom. The van der Waals surface area contributed by atoms with E-state index >= 15 is 0 Å². The van der Waals surface area contributed by atoms with E-state index in [-0.39, 0.29) is 46.2 Å². The predicted octanol–water partition coefficient (Wildman–Crippen LogP) is 2.37. The standard InChI is InChI=1S/C20H26ClN5O6S/c1-4-10-15(21)25-16(22-10)17(27)23-11-7-8-26(9-12(11)31-5-2)20-24-13(18(28)29)14(33-20)19(30)32-6-3/h11-12H,4-9H2,1-3H3,(H,22,25)(H,23,27)(H,28,29). The third kappa shape index (κ3) is 5.63. The van der Waals surface area contributed by atoms with E-state index in [1.807, 2.05) is 18.7 Å². The molecule has 1 saturated heterocycles. The second-order valence-corrected chi connectivity index (χ2v) is 8.55. The number of aromatic amines is 1. The van der Waals surface area contributed by atoms with Gasteiger partial charge in [-0.1, -0.05) is 29.9 Å². The number of ether oxygens (including phenoxy) is 2. The van der Waals surface area contributed by atoms with Crippen molar-refractivity contribution < 1.29 is 29.0 Å². The molecular weight excluding hydrogens is 474 g/mol. The number of esters is 1. The Bertz CT molecular complexity index is 1020. The summed E-state index contributed by atoms with van der Waals surface area (Å²) in [7, 11) is 0. The molecule has 0 saturated carbocycles. The Morgan fingerprint density at radius 3 is 2.64 bits per heavy atom. The Kier molecular flexibility index (Phi) is 8.27. The largest absolute Gasteiger partial charge is 0.476 e. The molecule has 0 radical (unpaired) electrons. The molecule has 1 amide bonds. The molecule has 0 spiro atoms. The van der Waals surface area contributed by atoms with Gasteiger partial charge in [-0.25, -0.2) is 19.6 Å². The van der Waals surface area contributed by atoms with Gasteiger partial charge in [-0.2, -0.15) is 0 Å². The number of thiazole rings is 1. The molecule has 33 heavy (non-hydrogen) atoms. The number of nitrogens with one attached hydrogen (secondary N) is 2. The van der Waals surface area contributed by atoms with Gasteiger partial charge in [0, 0.05) is 19.7 Å². The zero-order valence-electron chi connectivity index (χ0n) is 18.5. The summed E-state index contributed by atoms with van der Waals surface area (Å²) < 4.78 is 10.8. The Balaban J connectivity index is 1.75. The number of carboxylic acid groups (broad SMARTS) is 1. The SMILES string of the molecule is CCOC(=O)c1sc(N2CCC(NC(=O)c3nc(Cl)c(CC)[nH]3)C(OCC)C2)nc1C(=O)O. The number of carbonyl (C=O) groups excluding carboxylic acids is 2. The fourth-order valence-corrected chi connectivity index (χ4v) is 4.78. The van der Waals surface area contributed by atoms with Crippen LogP contribution in [0.3, 0.4) is 0 Å². The highest BCUT2D eigenvalue weighted by atomic mass is 35.5. The maximum absolute atomic E-state index is 12.7. The van der Waals surface area contributed by atoms with Crippen molar-refractivity contribution in [2.45, 2.75) is 45.8 Å². The number of aryl methyl sites for hydroxylation is 1. The van der Waals surface area contributed by atoms with Gasteiger partial charge in [0.1, 0.15) is 4.88 Å². The van der Waals surface area contributed by atoms with Gasteiger partial charge in [-0.05, 0) is 26.7 Å². The summed E-state index contributed by atoms with van der Waals surface area (Å²) in [5.74, 6) is -2.26. The average molecular weight is 500 g/mol. The molecule has 0 aromatic carbocycles. The number of imidazole rings is 1. The fraction of sp³-hybridized carbons (Fsp3) is 0.550. The highest BCUT2D eigenvalue weighted by molar-refractivity contribution is 7.17. The summed E-state index contributed by atoms with van der Waals surface area (Å²) in [6.45, 7) is 6.78. The van der Waals surface area contributed by atoms with Crippen LogP contribution in [0.15, 0.2) is 0 Å². The summed E-state index contributed by atoms with van der Waals surface area (Å²) in [6.07, 6.45) is 0.758. The molecule has 2 atom stereocenters. The molecule has 1 aliphatic heterocycles. The van der Waals surface area contributed by atoms with E-state index in [1.165, 1.54) is 0 Å². The van der Waals surface area contributed by atoms with E-state index in [0.717, 1.165) is 11.3 Å². The van der Waals surface area contributed by atoms with E-state index in [0.29, 0.717) is 43.4 Å². The molecule has 0 aliphatic carbocycles. The summed E-state index contributed by atoms with van der Waals surface area (Å²) in [6, 6.07) is -0.300. The van der Waals surface area contributed by atoms with E-state index < -0.39 is 11.9 Å². The number of aromatic nitrogens is 3. The Morgan fingerprint density at radius 2 is 2.03 bits per heavy atom. The van der Waals surface area contributed by atoms with Crippen LogP contribution in [0.5, 0.6) is 0 Å². The van der Waals surface area contributed by atoms with Crippen LogP contribution in [-0.2, 0) is 15.9 Å². The van der Waals surface area contributed by atoms with Crippen LogP contribution in [0.1, 0.15) is 63.7 Å². The monoisotopic (exact) mass is 499 g/mol. The van der Waals surface area contributed by atoms with Crippen LogP contribution in [-0.4, -0.2) is 76.4 Å². The van der Waals surface area contributed by atoms with Gasteiger partial charge in [0.15, 0.2) is 21.8 Å². The lowest BCUT2D eigenvalue weighted by Gasteiger charge is -2.38. The van der Waals surface area contributed by atoms with Gasteiger partial charge in [-0.3, -0.25) is 4.79 Å². The van der Waals surface area contributed by atoms with Crippen LogP contribution in [0, 0.1) is 0 Å². The van der Waals surface area contributed by atoms with Gasteiger partial charge < -0.3 is 29.8 Å². The number of anilines is 1. The normalized spacial score (nSPS) is 18.2. The summed E-state index contributed by atoms with van der Waals surface area (Å²) >= 11 is 7.01. The van der Waals surface area contributed by atoms with Crippen molar-refractivity contribution in [2.24, 2.45) is 0 Å². The maximum atomic E-state index is 12.7. The van der Waals surface area contributed by atoms with Crippen molar-refractivity contribution in [3.63, 3.8) is 0 Å². The number of rotatable bonds is 9. The van der Waals surface area contributed by atoms with E-state index in [2.05, 4.69) is 20.3 Å². The third-order valence-electron chi connectivity index (χ3n) is 5.10. The van der Waals surface area contributed by atoms with Crippen molar-refractivity contribution in [3.05, 3.63) is 27.2 Å². The van der Waals surface area contributed by atoms with Gasteiger partial charge in [-0.15, -0.1) is 0 Å². The van der Waals surface area contributed by atoms with Crippen LogP contribution in [0.2, 0.25) is 5.15 Å². The van der Waals surface area contributed by atoms with Crippen molar-refractivity contribution in [1.82, 2.24) is 20.3 Å². The summed E-state index contributed by atoms with van der Waals surface area (Å²) in [5, 5.41) is 13.1. The first-order valence-corrected chi connectivity index (χ1v) is 11.8. The molecule has 3 heterocycles. The number of piperidine rings is 1. The van der Waals surface area contributed by atoms with Gasteiger partial charge in [0.25, 0.3) is 5.91 Å². The fourth-order valence-electron chi connectivity index (χ4n) is 3.53. The molecular formula is C20H26ClN5O6S. The predicted molar refractivity (Wildman–Crippen MR) is 122 cm³/mol. The zero-order chi connectivity index (χ0) is 24.1. The smallest absolute Gasteiger partial charge is 0.356 e. The Hall–Kier alpha value is -2.70. The highest BCUT2D eigenvalue weighted by Gasteiger charge is 2.34. The van der Waals surface area contributed by atoms with Crippen molar-refractivity contribution in [1.29, 1.82) is 0 Å². The number of amides is 1. The number of halogens is 1. The van der Waals surface area contributed by atoms with Crippen molar-refractivity contribution in [3.8, 4) is 0 Å². The molecule has 2 aromatic rings. The average Bonchev–Trinajstić information content (AvgIpc) is 3.39. The van der Waals surface area contributed by atoms with Crippen LogP contribution in [0.4, 0.5) is 5.13 Å². The molecule has 11 nitrogen and oxygen atoms in total. The lowest BCUT2D eigenvalue weighted by molar-refractivity contribution is 0.0271. The number of H-pyrrole nitrogens is 1. The molecule has 180 valence electrons. The first-order chi connectivity index (χ1) is 15.8. The van der Waals surface area contributed by atoms with E-state index in [1.54, 1.807) is 6.92 Å².